The van der Waals surface area contributed by atoms with Gasteiger partial charge in [-0.25, -0.2) is 4.57 Å². The molecule has 0 rings (SSSR count). The van der Waals surface area contributed by atoms with Crippen molar-refractivity contribution in [2.24, 2.45) is 0 Å². The molecule has 1 N–H and O–H groups in total. The van der Waals surface area contributed by atoms with E-state index in [1.807, 2.05) is 34.1 Å². The van der Waals surface area contributed by atoms with Crippen LogP contribution in [-0.4, -0.2) is 36.3 Å². The lowest BCUT2D eigenvalue weighted by Crippen LogP contribution is -2.44. The molecule has 0 aliphatic rings. The third-order valence-corrected chi connectivity index (χ3v) is 8.23. The SMILES string of the molecule is CCCCCCCCCCCCCCCCCC=COP(=O)(O)C(CCC)[N+](C)(C)C. The minimum Gasteiger partial charge on any atom is -0.429 e. The lowest BCUT2D eigenvalue weighted by molar-refractivity contribution is -0.883. The van der Waals surface area contributed by atoms with E-state index in [0.29, 0.717) is 10.9 Å². The summed E-state index contributed by atoms with van der Waals surface area (Å²) in [5.74, 6) is -0.382. The Hall–Kier alpha value is -0.310. The van der Waals surface area contributed by atoms with Crippen LogP contribution in [-0.2, 0) is 9.09 Å². The summed E-state index contributed by atoms with van der Waals surface area (Å²) in [5.41, 5.74) is 0. The fraction of sp³-hybridized carbons (Fsp3) is 0.923. The Morgan fingerprint density at radius 3 is 1.55 bits per heavy atom. The van der Waals surface area contributed by atoms with Crippen LogP contribution in [0.5, 0.6) is 0 Å². The van der Waals surface area contributed by atoms with E-state index in [1.54, 1.807) is 0 Å². The minimum absolute atomic E-state index is 0.382. The molecule has 186 valence electrons. The van der Waals surface area contributed by atoms with Gasteiger partial charge >= 0.3 is 7.60 Å². The summed E-state index contributed by atoms with van der Waals surface area (Å²) in [7, 11) is 2.20. The summed E-state index contributed by atoms with van der Waals surface area (Å²) in [6.07, 6.45) is 26.3. The Balaban J connectivity index is 3.60. The van der Waals surface area contributed by atoms with Crippen molar-refractivity contribution >= 4 is 7.60 Å². The number of unbranched alkanes of at least 4 members (excludes halogenated alkanes) is 15. The van der Waals surface area contributed by atoms with Gasteiger partial charge < -0.3 is 13.9 Å². The topological polar surface area (TPSA) is 46.5 Å². The van der Waals surface area contributed by atoms with Crippen LogP contribution in [0, 0.1) is 0 Å². The maximum atomic E-state index is 12.6. The van der Waals surface area contributed by atoms with Gasteiger partial charge in [0.1, 0.15) is 0 Å². The summed E-state index contributed by atoms with van der Waals surface area (Å²) in [4.78, 5) is 10.3. The zero-order valence-corrected chi connectivity index (χ0v) is 22.5. The fourth-order valence-electron chi connectivity index (χ4n) is 4.15. The Labute approximate surface area is 195 Å². The van der Waals surface area contributed by atoms with Crippen molar-refractivity contribution in [3.8, 4) is 0 Å². The van der Waals surface area contributed by atoms with Crippen LogP contribution in [0.1, 0.15) is 129 Å². The lowest BCUT2D eigenvalue weighted by Gasteiger charge is -2.35. The smallest absolute Gasteiger partial charge is 0.429 e. The minimum atomic E-state index is -3.65. The third kappa shape index (κ3) is 17.9. The average molecular weight is 461 g/mol. The highest BCUT2D eigenvalue weighted by atomic mass is 31.2. The van der Waals surface area contributed by atoms with E-state index in [4.69, 9.17) is 4.52 Å². The largest absolute Gasteiger partial charge is 0.433 e. The third-order valence-electron chi connectivity index (χ3n) is 6.10. The Morgan fingerprint density at radius 2 is 1.16 bits per heavy atom. The van der Waals surface area contributed by atoms with E-state index in [1.165, 1.54) is 96.2 Å². The summed E-state index contributed by atoms with van der Waals surface area (Å²) in [5, 5.41) is 0. The van der Waals surface area contributed by atoms with Crippen LogP contribution in [0.25, 0.3) is 0 Å². The predicted octanol–water partition coefficient (Wildman–Crippen LogP) is 8.80. The molecular formula is C26H55NO3P+. The van der Waals surface area contributed by atoms with Crippen LogP contribution in [0.4, 0.5) is 0 Å². The van der Waals surface area contributed by atoms with E-state index >= 15 is 0 Å². The first-order valence-electron chi connectivity index (χ1n) is 13.2. The molecule has 0 fully saturated rings. The second-order valence-corrected chi connectivity index (χ2v) is 12.1. The zero-order chi connectivity index (χ0) is 23.4. The molecule has 0 aromatic heterocycles. The molecule has 4 nitrogen and oxygen atoms in total. The van der Waals surface area contributed by atoms with E-state index in [9.17, 15) is 9.46 Å². The lowest BCUT2D eigenvalue weighted by atomic mass is 10.0. The van der Waals surface area contributed by atoms with Crippen LogP contribution in [0.3, 0.4) is 0 Å². The Bertz CT molecular complexity index is 474. The molecular weight excluding hydrogens is 405 g/mol. The second-order valence-electron chi connectivity index (χ2n) is 10.2. The number of allylic oxidation sites excluding steroid dienone is 1. The van der Waals surface area contributed by atoms with Gasteiger partial charge in [-0.15, -0.1) is 0 Å². The highest BCUT2D eigenvalue weighted by Gasteiger charge is 2.42. The molecule has 0 aliphatic heterocycles. The molecule has 0 aliphatic carbocycles. The van der Waals surface area contributed by atoms with Gasteiger partial charge in [0.15, 0.2) is 0 Å². The predicted molar refractivity (Wildman–Crippen MR) is 136 cm³/mol. The number of hydrogen-bond acceptors (Lipinski definition) is 2. The second kappa shape index (κ2) is 19.2. The van der Waals surface area contributed by atoms with Gasteiger partial charge in [0, 0.05) is 6.42 Å². The Kier molecular flexibility index (Phi) is 19.0. The molecule has 2 atom stereocenters. The van der Waals surface area contributed by atoms with Crippen molar-refractivity contribution in [1.29, 1.82) is 0 Å². The average Bonchev–Trinajstić information content (AvgIpc) is 2.70. The van der Waals surface area contributed by atoms with Crippen molar-refractivity contribution in [2.75, 3.05) is 21.1 Å². The van der Waals surface area contributed by atoms with Gasteiger partial charge in [-0.1, -0.05) is 104 Å². The molecule has 0 amide bonds. The van der Waals surface area contributed by atoms with Crippen LogP contribution < -0.4 is 0 Å². The first-order chi connectivity index (χ1) is 14.8. The van der Waals surface area contributed by atoms with Crippen molar-refractivity contribution in [3.05, 3.63) is 12.3 Å². The number of quaternary nitrogens is 1. The van der Waals surface area contributed by atoms with Gasteiger partial charge in [0.2, 0.25) is 5.78 Å². The summed E-state index contributed by atoms with van der Waals surface area (Å²) < 4.78 is 18.3. The number of rotatable bonds is 22. The van der Waals surface area contributed by atoms with Crippen LogP contribution in [0.2, 0.25) is 0 Å². The normalized spacial score (nSPS) is 15.3. The Morgan fingerprint density at radius 1 is 0.742 bits per heavy atom. The molecule has 5 heteroatoms. The molecule has 0 radical (unpaired) electrons. The zero-order valence-electron chi connectivity index (χ0n) is 21.6. The van der Waals surface area contributed by atoms with Gasteiger partial charge in [0.25, 0.3) is 0 Å². The quantitative estimate of drug-likeness (QED) is 0.0760. The molecule has 0 saturated heterocycles. The maximum absolute atomic E-state index is 12.6. The number of nitrogens with zero attached hydrogens (tertiary/aromatic N) is 1. The molecule has 0 saturated carbocycles. The van der Waals surface area contributed by atoms with E-state index < -0.39 is 7.60 Å². The first kappa shape index (κ1) is 30.7. The molecule has 0 spiro atoms. The summed E-state index contributed by atoms with van der Waals surface area (Å²) >= 11 is 0. The van der Waals surface area contributed by atoms with Gasteiger partial charge in [-0.05, 0) is 25.3 Å². The van der Waals surface area contributed by atoms with E-state index in [2.05, 4.69) is 6.92 Å². The highest BCUT2D eigenvalue weighted by molar-refractivity contribution is 7.53. The van der Waals surface area contributed by atoms with Crippen molar-refractivity contribution < 1.29 is 18.5 Å². The van der Waals surface area contributed by atoms with E-state index in [0.717, 1.165) is 19.3 Å². The maximum Gasteiger partial charge on any atom is 0.433 e. The van der Waals surface area contributed by atoms with Crippen LogP contribution in [0.15, 0.2) is 12.3 Å². The number of hydrogen-bond donors (Lipinski definition) is 1. The monoisotopic (exact) mass is 460 g/mol. The molecule has 31 heavy (non-hydrogen) atoms. The van der Waals surface area contributed by atoms with Crippen molar-refractivity contribution in [2.45, 2.75) is 135 Å². The highest BCUT2D eigenvalue weighted by Crippen LogP contribution is 2.52. The molecule has 0 aromatic rings. The van der Waals surface area contributed by atoms with Crippen LogP contribution >= 0.6 is 7.60 Å². The molecule has 0 aromatic carbocycles. The van der Waals surface area contributed by atoms with Crippen molar-refractivity contribution in [3.63, 3.8) is 0 Å². The summed E-state index contributed by atoms with van der Waals surface area (Å²) in [6.45, 7) is 4.32. The van der Waals surface area contributed by atoms with Gasteiger partial charge in [0.05, 0.1) is 27.4 Å². The molecule has 0 heterocycles. The van der Waals surface area contributed by atoms with E-state index in [-0.39, 0.29) is 5.78 Å². The standard InChI is InChI=1S/C26H54NO3P/c1-6-8-9-10-11-12-13-14-15-16-17-18-19-20-21-22-23-25-30-31(28,29)26(24-7-2)27(3,4)5/h23,25-26H,6-22,24H2,1-5H3/p+1. The first-order valence-corrected chi connectivity index (χ1v) is 14.9. The summed E-state index contributed by atoms with van der Waals surface area (Å²) in [6, 6.07) is 0. The molecule has 0 bridgehead atoms. The van der Waals surface area contributed by atoms with Gasteiger partial charge in [-0.3, -0.25) is 0 Å². The van der Waals surface area contributed by atoms with Gasteiger partial charge in [-0.2, -0.15) is 0 Å². The fourth-order valence-corrected chi connectivity index (χ4v) is 6.01. The molecule has 2 unspecified atom stereocenters. The van der Waals surface area contributed by atoms with Crippen molar-refractivity contribution in [1.82, 2.24) is 0 Å².